The maximum absolute atomic E-state index is 14.0. The number of alkyl halides is 1. The lowest BCUT2D eigenvalue weighted by atomic mass is 10.1. The number of fused-ring (bicyclic) bond motifs is 1. The summed E-state index contributed by atoms with van der Waals surface area (Å²) in [6.45, 7) is 0. The second-order valence-corrected chi connectivity index (χ2v) is 5.06. The van der Waals surface area contributed by atoms with Crippen LogP contribution in [0.15, 0.2) is 54.7 Å². The number of aromatic nitrogens is 1. The van der Waals surface area contributed by atoms with E-state index in [4.69, 9.17) is 11.6 Å². The molecule has 2 nitrogen and oxygen atoms in total. The SMILES string of the molecule is CN(c1ccccc1F)c1ncc(CCl)c2ccccc12. The number of anilines is 2. The van der Waals surface area contributed by atoms with Crippen LogP contribution < -0.4 is 4.90 Å². The highest BCUT2D eigenvalue weighted by Gasteiger charge is 2.14. The minimum atomic E-state index is -0.271. The van der Waals surface area contributed by atoms with Gasteiger partial charge in [0.15, 0.2) is 0 Å². The zero-order valence-corrected chi connectivity index (χ0v) is 12.3. The molecule has 0 fully saturated rings. The van der Waals surface area contributed by atoms with Crippen LogP contribution in [0.4, 0.5) is 15.9 Å². The van der Waals surface area contributed by atoms with Crippen LogP contribution in [0, 0.1) is 5.82 Å². The summed E-state index contributed by atoms with van der Waals surface area (Å²) >= 11 is 5.97. The van der Waals surface area contributed by atoms with Gasteiger partial charge in [0, 0.05) is 24.5 Å². The van der Waals surface area contributed by atoms with E-state index in [0.29, 0.717) is 17.4 Å². The molecule has 0 spiro atoms. The van der Waals surface area contributed by atoms with Crippen molar-refractivity contribution in [1.29, 1.82) is 0 Å². The van der Waals surface area contributed by atoms with Crippen molar-refractivity contribution >= 4 is 33.9 Å². The second-order valence-electron chi connectivity index (χ2n) is 4.80. The van der Waals surface area contributed by atoms with Crippen LogP contribution in [0.3, 0.4) is 0 Å². The largest absolute Gasteiger partial charge is 0.326 e. The summed E-state index contributed by atoms with van der Waals surface area (Å²) in [4.78, 5) is 6.23. The van der Waals surface area contributed by atoms with E-state index in [-0.39, 0.29) is 5.82 Å². The molecule has 0 N–H and O–H groups in total. The minimum absolute atomic E-state index is 0.271. The van der Waals surface area contributed by atoms with Gasteiger partial charge < -0.3 is 4.90 Å². The van der Waals surface area contributed by atoms with Gasteiger partial charge in [0.1, 0.15) is 11.6 Å². The fraction of sp³-hybridized carbons (Fsp3) is 0.118. The van der Waals surface area contributed by atoms with Crippen molar-refractivity contribution < 1.29 is 4.39 Å². The van der Waals surface area contributed by atoms with E-state index in [1.807, 2.05) is 37.4 Å². The Morgan fingerprint density at radius 1 is 1.05 bits per heavy atom. The normalized spacial score (nSPS) is 10.8. The summed E-state index contributed by atoms with van der Waals surface area (Å²) in [5.41, 5.74) is 1.46. The average molecular weight is 301 g/mol. The number of nitrogens with zero attached hydrogens (tertiary/aromatic N) is 2. The van der Waals surface area contributed by atoms with Crippen LogP contribution in [0.25, 0.3) is 10.8 Å². The molecule has 3 rings (SSSR count). The van der Waals surface area contributed by atoms with Crippen molar-refractivity contribution in [1.82, 2.24) is 4.98 Å². The molecule has 106 valence electrons. The number of benzene rings is 2. The fourth-order valence-corrected chi connectivity index (χ4v) is 2.66. The number of halogens is 2. The van der Waals surface area contributed by atoms with Crippen LogP contribution in [-0.2, 0) is 5.88 Å². The van der Waals surface area contributed by atoms with Crippen molar-refractivity contribution in [3.05, 3.63) is 66.1 Å². The molecule has 0 bridgehead atoms. The van der Waals surface area contributed by atoms with E-state index < -0.39 is 0 Å². The van der Waals surface area contributed by atoms with Crippen LogP contribution in [0.5, 0.6) is 0 Å². The molecule has 1 heterocycles. The second kappa shape index (κ2) is 5.70. The van der Waals surface area contributed by atoms with Crippen LogP contribution in [0.2, 0.25) is 0 Å². The molecular formula is C17H14ClFN2. The lowest BCUT2D eigenvalue weighted by Gasteiger charge is -2.21. The van der Waals surface area contributed by atoms with E-state index in [1.54, 1.807) is 23.2 Å². The Balaban J connectivity index is 2.19. The third-order valence-corrected chi connectivity index (χ3v) is 3.82. The number of hydrogen-bond donors (Lipinski definition) is 0. The van der Waals surface area contributed by atoms with E-state index in [9.17, 15) is 4.39 Å². The van der Waals surface area contributed by atoms with Crippen molar-refractivity contribution in [3.8, 4) is 0 Å². The molecule has 0 atom stereocenters. The van der Waals surface area contributed by atoms with Crippen LogP contribution in [0.1, 0.15) is 5.56 Å². The molecule has 0 aliphatic rings. The van der Waals surface area contributed by atoms with Crippen molar-refractivity contribution in [3.63, 3.8) is 0 Å². The van der Waals surface area contributed by atoms with E-state index in [1.165, 1.54) is 6.07 Å². The van der Waals surface area contributed by atoms with Gasteiger partial charge >= 0.3 is 0 Å². The van der Waals surface area contributed by atoms with E-state index in [2.05, 4.69) is 4.98 Å². The lowest BCUT2D eigenvalue weighted by Crippen LogP contribution is -2.13. The summed E-state index contributed by atoms with van der Waals surface area (Å²) in [5.74, 6) is 0.842. The van der Waals surface area contributed by atoms with Gasteiger partial charge in [-0.3, -0.25) is 0 Å². The maximum atomic E-state index is 14.0. The predicted molar refractivity (Wildman–Crippen MR) is 85.8 cm³/mol. The fourth-order valence-electron chi connectivity index (χ4n) is 2.45. The first kappa shape index (κ1) is 13.8. The molecule has 4 heteroatoms. The highest BCUT2D eigenvalue weighted by Crippen LogP contribution is 2.32. The summed E-state index contributed by atoms with van der Waals surface area (Å²) in [6.07, 6.45) is 1.75. The summed E-state index contributed by atoms with van der Waals surface area (Å²) in [6, 6.07) is 14.6. The first-order valence-electron chi connectivity index (χ1n) is 6.63. The van der Waals surface area contributed by atoms with E-state index in [0.717, 1.165) is 16.3 Å². The van der Waals surface area contributed by atoms with Crippen LogP contribution in [-0.4, -0.2) is 12.0 Å². The van der Waals surface area contributed by atoms with Gasteiger partial charge in [0.2, 0.25) is 0 Å². The summed E-state index contributed by atoms with van der Waals surface area (Å²) < 4.78 is 14.0. The lowest BCUT2D eigenvalue weighted by molar-refractivity contribution is 0.627. The van der Waals surface area contributed by atoms with Gasteiger partial charge in [-0.15, -0.1) is 11.6 Å². The van der Waals surface area contributed by atoms with E-state index >= 15 is 0 Å². The standard InChI is InChI=1S/C17H14ClFN2/c1-21(16-9-5-4-8-15(16)19)17-14-7-3-2-6-13(14)12(10-18)11-20-17/h2-9,11H,10H2,1H3. The van der Waals surface area contributed by atoms with Gasteiger partial charge in [0.05, 0.1) is 5.69 Å². The van der Waals surface area contributed by atoms with Gasteiger partial charge in [-0.2, -0.15) is 0 Å². The Hall–Kier alpha value is -2.13. The van der Waals surface area contributed by atoms with Gasteiger partial charge in [-0.1, -0.05) is 36.4 Å². The molecule has 3 aromatic rings. The molecule has 21 heavy (non-hydrogen) atoms. The minimum Gasteiger partial charge on any atom is -0.326 e. The molecule has 2 aromatic carbocycles. The zero-order valence-electron chi connectivity index (χ0n) is 11.6. The highest BCUT2D eigenvalue weighted by molar-refractivity contribution is 6.18. The topological polar surface area (TPSA) is 16.1 Å². The highest BCUT2D eigenvalue weighted by atomic mass is 35.5. The van der Waals surface area contributed by atoms with Gasteiger partial charge in [-0.05, 0) is 23.1 Å². The molecule has 1 aromatic heterocycles. The first-order valence-corrected chi connectivity index (χ1v) is 7.16. The van der Waals surface area contributed by atoms with Crippen LogP contribution >= 0.6 is 11.6 Å². The molecule has 0 saturated carbocycles. The number of para-hydroxylation sites is 1. The van der Waals surface area contributed by atoms with Gasteiger partial charge in [-0.25, -0.2) is 9.37 Å². The van der Waals surface area contributed by atoms with Crippen molar-refractivity contribution in [2.24, 2.45) is 0 Å². The maximum Gasteiger partial charge on any atom is 0.146 e. The predicted octanol–water partition coefficient (Wildman–Crippen LogP) is 4.88. The molecule has 0 aliphatic heterocycles. The Morgan fingerprint density at radius 2 is 1.71 bits per heavy atom. The number of hydrogen-bond acceptors (Lipinski definition) is 2. The Morgan fingerprint density at radius 3 is 2.43 bits per heavy atom. The average Bonchev–Trinajstić information content (AvgIpc) is 2.53. The number of pyridine rings is 1. The quantitative estimate of drug-likeness (QED) is 0.641. The third kappa shape index (κ3) is 2.45. The summed E-state index contributed by atoms with van der Waals surface area (Å²) in [7, 11) is 1.81. The Labute approximate surface area is 127 Å². The molecule has 0 unspecified atom stereocenters. The Kier molecular flexibility index (Phi) is 3.76. The monoisotopic (exact) mass is 300 g/mol. The molecule has 0 aliphatic carbocycles. The third-order valence-electron chi connectivity index (χ3n) is 3.53. The molecule has 0 saturated heterocycles. The smallest absolute Gasteiger partial charge is 0.146 e. The summed E-state index contributed by atoms with van der Waals surface area (Å²) in [5, 5.41) is 2.00. The van der Waals surface area contributed by atoms with Gasteiger partial charge in [0.25, 0.3) is 0 Å². The first-order chi connectivity index (χ1) is 10.2. The zero-order chi connectivity index (χ0) is 14.8. The molecule has 0 amide bonds. The molecule has 0 radical (unpaired) electrons. The number of rotatable bonds is 3. The molecular weight excluding hydrogens is 287 g/mol. The van der Waals surface area contributed by atoms with Crippen molar-refractivity contribution in [2.75, 3.05) is 11.9 Å². The van der Waals surface area contributed by atoms with Crippen molar-refractivity contribution in [2.45, 2.75) is 5.88 Å². The Bertz CT molecular complexity index is 789.